The van der Waals surface area contributed by atoms with E-state index in [-0.39, 0.29) is 5.82 Å². The fourth-order valence-electron chi connectivity index (χ4n) is 2.97. The van der Waals surface area contributed by atoms with Gasteiger partial charge in [0.2, 0.25) is 0 Å². The van der Waals surface area contributed by atoms with Crippen molar-refractivity contribution in [2.75, 3.05) is 6.54 Å². The number of rotatable bonds is 6. The Morgan fingerprint density at radius 2 is 1.89 bits per heavy atom. The van der Waals surface area contributed by atoms with E-state index in [4.69, 9.17) is 0 Å². The Bertz CT molecular complexity index is 409. The minimum atomic E-state index is -0.127. The van der Waals surface area contributed by atoms with E-state index in [1.807, 2.05) is 6.07 Å². The second-order valence-electron chi connectivity index (χ2n) is 6.04. The van der Waals surface area contributed by atoms with Gasteiger partial charge in [-0.05, 0) is 80.2 Å². The minimum Gasteiger partial charge on any atom is -0.312 e. The van der Waals surface area contributed by atoms with Gasteiger partial charge in [-0.3, -0.25) is 0 Å². The third-order valence-corrected chi connectivity index (χ3v) is 4.46. The van der Waals surface area contributed by atoms with Crippen LogP contribution in [0.1, 0.15) is 36.8 Å². The van der Waals surface area contributed by atoms with Crippen molar-refractivity contribution in [3.05, 3.63) is 35.1 Å². The Morgan fingerprint density at radius 1 is 1.22 bits per heavy atom. The van der Waals surface area contributed by atoms with E-state index < -0.39 is 0 Å². The Kier molecular flexibility index (Phi) is 3.38. The maximum absolute atomic E-state index is 13.2. The molecule has 1 aromatic rings. The normalized spacial score (nSPS) is 19.5. The first-order valence-electron chi connectivity index (χ1n) is 7.20. The highest BCUT2D eigenvalue weighted by Crippen LogP contribution is 2.48. The molecule has 2 aliphatic rings. The molecule has 0 atom stereocenters. The lowest BCUT2D eigenvalue weighted by Gasteiger charge is -2.16. The zero-order valence-electron chi connectivity index (χ0n) is 11.1. The molecule has 2 heteroatoms. The smallest absolute Gasteiger partial charge is 0.123 e. The van der Waals surface area contributed by atoms with E-state index in [2.05, 4.69) is 12.2 Å². The quantitative estimate of drug-likeness (QED) is 0.809. The molecule has 0 radical (unpaired) electrons. The minimum absolute atomic E-state index is 0.127. The van der Waals surface area contributed by atoms with Crippen LogP contribution < -0.4 is 5.32 Å². The molecule has 0 spiro atoms. The van der Waals surface area contributed by atoms with E-state index >= 15 is 0 Å². The first-order valence-corrected chi connectivity index (χ1v) is 7.20. The van der Waals surface area contributed by atoms with Gasteiger partial charge in [0.25, 0.3) is 0 Å². The molecule has 18 heavy (non-hydrogen) atoms. The summed E-state index contributed by atoms with van der Waals surface area (Å²) in [5, 5.41) is 3.55. The number of benzene rings is 1. The predicted octanol–water partition coefficient (Wildman–Crippen LogP) is 3.66. The lowest BCUT2D eigenvalue weighted by Crippen LogP contribution is -2.25. The largest absolute Gasteiger partial charge is 0.312 e. The van der Waals surface area contributed by atoms with E-state index in [0.29, 0.717) is 0 Å². The molecule has 2 fully saturated rings. The van der Waals surface area contributed by atoms with Crippen LogP contribution in [0, 0.1) is 30.5 Å². The van der Waals surface area contributed by atoms with Gasteiger partial charge in [-0.2, -0.15) is 0 Å². The number of aryl methyl sites for hydroxylation is 1. The van der Waals surface area contributed by atoms with Gasteiger partial charge < -0.3 is 5.32 Å². The van der Waals surface area contributed by atoms with Crippen LogP contribution in [0.15, 0.2) is 18.2 Å². The van der Waals surface area contributed by atoms with Crippen LogP contribution in [-0.2, 0) is 6.54 Å². The predicted molar refractivity (Wildman–Crippen MR) is 71.8 cm³/mol. The van der Waals surface area contributed by atoms with Crippen molar-refractivity contribution in [2.24, 2.45) is 17.8 Å². The SMILES string of the molecule is Cc1ccc(F)cc1CNCC(C1CC1)C1CC1. The fourth-order valence-corrected chi connectivity index (χ4v) is 2.97. The summed E-state index contributed by atoms with van der Waals surface area (Å²) in [5.41, 5.74) is 2.28. The average molecular weight is 247 g/mol. The molecule has 1 N–H and O–H groups in total. The van der Waals surface area contributed by atoms with Gasteiger partial charge in [0.05, 0.1) is 0 Å². The average Bonchev–Trinajstić information content (AvgIpc) is 3.22. The summed E-state index contributed by atoms with van der Waals surface area (Å²) in [6, 6.07) is 5.06. The van der Waals surface area contributed by atoms with Crippen molar-refractivity contribution in [1.82, 2.24) is 5.32 Å². The molecule has 1 aromatic carbocycles. The third kappa shape index (κ3) is 2.92. The lowest BCUT2D eigenvalue weighted by molar-refractivity contribution is 0.378. The third-order valence-electron chi connectivity index (χ3n) is 4.46. The summed E-state index contributed by atoms with van der Waals surface area (Å²) in [5.74, 6) is 2.73. The van der Waals surface area contributed by atoms with Gasteiger partial charge >= 0.3 is 0 Å². The molecule has 0 unspecified atom stereocenters. The zero-order valence-corrected chi connectivity index (χ0v) is 11.1. The summed E-state index contributed by atoms with van der Waals surface area (Å²) in [7, 11) is 0. The van der Waals surface area contributed by atoms with E-state index in [1.54, 1.807) is 6.07 Å². The van der Waals surface area contributed by atoms with Crippen LogP contribution in [0.2, 0.25) is 0 Å². The Balaban J connectivity index is 1.52. The second kappa shape index (κ2) is 5.00. The van der Waals surface area contributed by atoms with Crippen molar-refractivity contribution in [1.29, 1.82) is 0 Å². The molecular weight excluding hydrogens is 225 g/mol. The highest BCUT2D eigenvalue weighted by molar-refractivity contribution is 5.26. The standard InChI is InChI=1S/C16H22FN/c1-11-2-7-15(17)8-14(11)9-18-10-16(12-3-4-12)13-5-6-13/h2,7-8,12-13,16,18H,3-6,9-10H2,1H3. The van der Waals surface area contributed by atoms with Crippen molar-refractivity contribution in [3.8, 4) is 0 Å². The molecule has 0 amide bonds. The van der Waals surface area contributed by atoms with Crippen molar-refractivity contribution < 1.29 is 4.39 Å². The maximum Gasteiger partial charge on any atom is 0.123 e. The molecular formula is C16H22FN. The second-order valence-corrected chi connectivity index (χ2v) is 6.04. The molecule has 2 saturated carbocycles. The van der Waals surface area contributed by atoms with Crippen LogP contribution in [0.25, 0.3) is 0 Å². The Hall–Kier alpha value is -0.890. The summed E-state index contributed by atoms with van der Waals surface area (Å²) in [6.45, 7) is 3.97. The molecule has 0 aromatic heterocycles. The summed E-state index contributed by atoms with van der Waals surface area (Å²) in [6.07, 6.45) is 5.73. The van der Waals surface area contributed by atoms with Gasteiger partial charge in [0, 0.05) is 6.54 Å². The molecule has 2 aliphatic carbocycles. The van der Waals surface area contributed by atoms with Gasteiger partial charge in [-0.1, -0.05) is 6.07 Å². The van der Waals surface area contributed by atoms with Crippen LogP contribution in [0.3, 0.4) is 0 Å². The molecule has 3 rings (SSSR count). The highest BCUT2D eigenvalue weighted by Gasteiger charge is 2.40. The van der Waals surface area contributed by atoms with Gasteiger partial charge in [0.15, 0.2) is 0 Å². The lowest BCUT2D eigenvalue weighted by atomic mass is 9.98. The maximum atomic E-state index is 13.2. The summed E-state index contributed by atoms with van der Waals surface area (Å²) >= 11 is 0. The van der Waals surface area contributed by atoms with Crippen molar-refractivity contribution in [3.63, 3.8) is 0 Å². The summed E-state index contributed by atoms with van der Waals surface area (Å²) < 4.78 is 13.2. The first kappa shape index (κ1) is 12.2. The monoisotopic (exact) mass is 247 g/mol. The van der Waals surface area contributed by atoms with Gasteiger partial charge in [0.1, 0.15) is 5.82 Å². The van der Waals surface area contributed by atoms with Crippen LogP contribution in [-0.4, -0.2) is 6.54 Å². The molecule has 0 aliphatic heterocycles. The molecule has 0 bridgehead atoms. The molecule has 0 heterocycles. The number of hydrogen-bond acceptors (Lipinski definition) is 1. The van der Waals surface area contributed by atoms with Crippen LogP contribution in [0.4, 0.5) is 4.39 Å². The zero-order chi connectivity index (χ0) is 12.5. The Morgan fingerprint density at radius 3 is 2.50 bits per heavy atom. The molecule has 1 nitrogen and oxygen atoms in total. The highest BCUT2D eigenvalue weighted by atomic mass is 19.1. The molecule has 98 valence electrons. The van der Waals surface area contributed by atoms with Crippen molar-refractivity contribution in [2.45, 2.75) is 39.2 Å². The van der Waals surface area contributed by atoms with Gasteiger partial charge in [-0.15, -0.1) is 0 Å². The van der Waals surface area contributed by atoms with Gasteiger partial charge in [-0.25, -0.2) is 4.39 Å². The number of halogens is 1. The first-order chi connectivity index (χ1) is 8.74. The van der Waals surface area contributed by atoms with Crippen LogP contribution >= 0.6 is 0 Å². The van der Waals surface area contributed by atoms with E-state index in [0.717, 1.165) is 36.4 Å². The summed E-state index contributed by atoms with van der Waals surface area (Å²) in [4.78, 5) is 0. The number of nitrogens with one attached hydrogen (secondary N) is 1. The number of hydrogen-bond donors (Lipinski definition) is 1. The Labute approximate surface area is 109 Å². The van der Waals surface area contributed by atoms with Crippen molar-refractivity contribution >= 4 is 0 Å². The fraction of sp³-hybridized carbons (Fsp3) is 0.625. The molecule has 0 saturated heterocycles. The van der Waals surface area contributed by atoms with Crippen LogP contribution in [0.5, 0.6) is 0 Å². The van der Waals surface area contributed by atoms with E-state index in [9.17, 15) is 4.39 Å². The van der Waals surface area contributed by atoms with E-state index in [1.165, 1.54) is 37.3 Å². The topological polar surface area (TPSA) is 12.0 Å².